The van der Waals surface area contributed by atoms with Gasteiger partial charge in [0.05, 0.1) is 4.92 Å². The first kappa shape index (κ1) is 15.0. The van der Waals surface area contributed by atoms with Gasteiger partial charge >= 0.3 is 0 Å². The van der Waals surface area contributed by atoms with E-state index in [0.29, 0.717) is 11.5 Å². The van der Waals surface area contributed by atoms with E-state index in [1.54, 1.807) is 0 Å². The average Bonchev–Trinajstić information content (AvgIpc) is 2.80. The van der Waals surface area contributed by atoms with Gasteiger partial charge in [-0.2, -0.15) is 0 Å². The highest BCUT2D eigenvalue weighted by Gasteiger charge is 2.61. The maximum absolute atomic E-state index is 12.4. The topological polar surface area (TPSA) is 72.2 Å². The number of carbonyl (C=O) groups is 1. The van der Waals surface area contributed by atoms with E-state index in [0.717, 1.165) is 12.8 Å². The van der Waals surface area contributed by atoms with Gasteiger partial charge in [0.2, 0.25) is 0 Å². The van der Waals surface area contributed by atoms with Crippen molar-refractivity contribution in [3.63, 3.8) is 0 Å². The second kappa shape index (κ2) is 4.80. The van der Waals surface area contributed by atoms with Gasteiger partial charge in [0, 0.05) is 23.7 Å². The maximum Gasteiger partial charge on any atom is 0.269 e. The summed E-state index contributed by atoms with van der Waals surface area (Å²) in [7, 11) is 0. The van der Waals surface area contributed by atoms with E-state index in [2.05, 4.69) is 26.1 Å². The minimum atomic E-state index is -0.457. The van der Waals surface area contributed by atoms with Crippen LogP contribution in [0.4, 0.5) is 5.69 Å². The molecule has 0 heterocycles. The SMILES string of the molecule is CC1(C)[C@@H]2CC[C@@]1(C)[C@H](NC(=O)c1ccc([N+](=O)[O-])cc1)C2. The molecule has 0 unspecified atom stereocenters. The Kier molecular flexibility index (Phi) is 3.27. The van der Waals surface area contributed by atoms with E-state index in [-0.39, 0.29) is 28.5 Å². The molecule has 3 atom stereocenters. The average molecular weight is 302 g/mol. The highest BCUT2D eigenvalue weighted by atomic mass is 16.6. The minimum absolute atomic E-state index is 0.00423. The molecule has 2 aliphatic rings. The highest BCUT2D eigenvalue weighted by Crippen LogP contribution is 2.65. The molecule has 3 rings (SSSR count). The molecule has 1 aromatic carbocycles. The van der Waals surface area contributed by atoms with Crippen LogP contribution in [0.3, 0.4) is 0 Å². The fourth-order valence-electron chi connectivity index (χ4n) is 4.40. The zero-order valence-corrected chi connectivity index (χ0v) is 13.3. The van der Waals surface area contributed by atoms with Gasteiger partial charge in [0.25, 0.3) is 11.6 Å². The monoisotopic (exact) mass is 302 g/mol. The summed E-state index contributed by atoms with van der Waals surface area (Å²) in [6, 6.07) is 5.98. The molecule has 118 valence electrons. The van der Waals surface area contributed by atoms with Crippen LogP contribution in [-0.4, -0.2) is 16.9 Å². The number of non-ortho nitro benzene ring substituents is 1. The van der Waals surface area contributed by atoms with Crippen molar-refractivity contribution >= 4 is 11.6 Å². The van der Waals surface area contributed by atoms with Gasteiger partial charge in [-0.15, -0.1) is 0 Å². The summed E-state index contributed by atoms with van der Waals surface area (Å²) in [5.41, 5.74) is 0.869. The lowest BCUT2D eigenvalue weighted by Gasteiger charge is -2.39. The molecule has 22 heavy (non-hydrogen) atoms. The number of fused-ring (bicyclic) bond motifs is 2. The van der Waals surface area contributed by atoms with Crippen LogP contribution < -0.4 is 5.32 Å². The highest BCUT2D eigenvalue weighted by molar-refractivity contribution is 5.94. The van der Waals surface area contributed by atoms with Crippen LogP contribution in [0.5, 0.6) is 0 Å². The number of nitrogens with one attached hydrogen (secondary N) is 1. The maximum atomic E-state index is 12.4. The Bertz CT molecular complexity index is 623. The fourth-order valence-corrected chi connectivity index (χ4v) is 4.40. The quantitative estimate of drug-likeness (QED) is 0.685. The summed E-state index contributed by atoms with van der Waals surface area (Å²) in [6.07, 6.45) is 3.42. The van der Waals surface area contributed by atoms with Crippen LogP contribution in [0, 0.1) is 26.9 Å². The molecule has 1 N–H and O–H groups in total. The van der Waals surface area contributed by atoms with Gasteiger partial charge < -0.3 is 5.32 Å². The van der Waals surface area contributed by atoms with E-state index >= 15 is 0 Å². The number of nitro benzene ring substituents is 1. The number of nitro groups is 1. The second-order valence-corrected chi connectivity index (χ2v) is 7.44. The number of hydrogen-bond acceptors (Lipinski definition) is 3. The molecule has 1 amide bonds. The number of amides is 1. The molecule has 2 bridgehead atoms. The van der Waals surface area contributed by atoms with E-state index in [1.807, 2.05) is 0 Å². The largest absolute Gasteiger partial charge is 0.349 e. The molecule has 2 fully saturated rings. The standard InChI is InChI=1S/C17H22N2O3/c1-16(2)12-8-9-17(16,3)14(10-12)18-15(20)11-4-6-13(7-5-11)19(21)22/h4-7,12,14H,8-10H2,1-3H3,(H,18,20)/t12-,14-,17+/m1/s1. The summed E-state index contributed by atoms with van der Waals surface area (Å²) >= 11 is 0. The lowest BCUT2D eigenvalue weighted by atomic mass is 9.69. The first-order chi connectivity index (χ1) is 10.3. The number of benzene rings is 1. The van der Waals surface area contributed by atoms with E-state index in [9.17, 15) is 14.9 Å². The van der Waals surface area contributed by atoms with Gasteiger partial charge in [0.15, 0.2) is 0 Å². The summed E-state index contributed by atoms with van der Waals surface area (Å²) in [6.45, 7) is 6.90. The second-order valence-electron chi connectivity index (χ2n) is 7.44. The molecule has 1 aromatic rings. The van der Waals surface area contributed by atoms with Crippen LogP contribution in [0.15, 0.2) is 24.3 Å². The number of rotatable bonds is 3. The summed E-state index contributed by atoms with van der Waals surface area (Å²) < 4.78 is 0. The lowest BCUT2D eigenvalue weighted by Crippen LogP contribution is -2.46. The van der Waals surface area contributed by atoms with Gasteiger partial charge in [-0.05, 0) is 48.1 Å². The first-order valence-corrected chi connectivity index (χ1v) is 7.81. The van der Waals surface area contributed by atoms with Crippen molar-refractivity contribution in [2.75, 3.05) is 0 Å². The molecule has 5 nitrogen and oxygen atoms in total. The minimum Gasteiger partial charge on any atom is -0.349 e. The Hall–Kier alpha value is -1.91. The summed E-state index contributed by atoms with van der Waals surface area (Å²) in [4.78, 5) is 22.6. The molecule has 0 radical (unpaired) electrons. The fraction of sp³-hybridized carbons (Fsp3) is 0.588. The van der Waals surface area contributed by atoms with Crippen molar-refractivity contribution < 1.29 is 9.72 Å². The van der Waals surface area contributed by atoms with Gasteiger partial charge in [0.1, 0.15) is 0 Å². The Morgan fingerprint density at radius 1 is 1.27 bits per heavy atom. The molecule has 0 spiro atoms. The van der Waals surface area contributed by atoms with E-state index in [4.69, 9.17) is 0 Å². The van der Waals surface area contributed by atoms with E-state index in [1.165, 1.54) is 30.7 Å². The predicted molar refractivity (Wildman–Crippen MR) is 83.6 cm³/mol. The third kappa shape index (κ3) is 2.02. The molecule has 0 aliphatic heterocycles. The third-order valence-corrected chi connectivity index (χ3v) is 6.44. The Balaban J connectivity index is 1.74. The van der Waals surface area contributed by atoms with Crippen molar-refractivity contribution in [3.8, 4) is 0 Å². The van der Waals surface area contributed by atoms with Crippen molar-refractivity contribution in [1.29, 1.82) is 0 Å². The Morgan fingerprint density at radius 2 is 1.91 bits per heavy atom. The molecule has 0 aromatic heterocycles. The number of nitrogens with zero attached hydrogens (tertiary/aromatic N) is 1. The van der Waals surface area contributed by atoms with Gasteiger partial charge in [-0.25, -0.2) is 0 Å². The Morgan fingerprint density at radius 3 is 2.36 bits per heavy atom. The van der Waals surface area contributed by atoms with E-state index < -0.39 is 4.92 Å². The summed E-state index contributed by atoms with van der Waals surface area (Å²) in [5, 5.41) is 13.8. The van der Waals surface area contributed by atoms with Gasteiger partial charge in [-0.3, -0.25) is 14.9 Å². The molecular weight excluding hydrogens is 280 g/mol. The Labute approximate surface area is 130 Å². The first-order valence-electron chi connectivity index (χ1n) is 7.81. The van der Waals surface area contributed by atoms with Crippen LogP contribution in [0.1, 0.15) is 50.4 Å². The molecule has 0 saturated heterocycles. The lowest BCUT2D eigenvalue weighted by molar-refractivity contribution is -0.384. The normalized spacial score (nSPS) is 32.0. The van der Waals surface area contributed by atoms with Crippen LogP contribution in [0.25, 0.3) is 0 Å². The van der Waals surface area contributed by atoms with Crippen molar-refractivity contribution in [2.24, 2.45) is 16.7 Å². The van der Waals surface area contributed by atoms with Crippen LogP contribution >= 0.6 is 0 Å². The van der Waals surface area contributed by atoms with Crippen LogP contribution in [-0.2, 0) is 0 Å². The zero-order chi connectivity index (χ0) is 16.1. The molecule has 2 saturated carbocycles. The zero-order valence-electron chi connectivity index (χ0n) is 13.3. The van der Waals surface area contributed by atoms with Crippen molar-refractivity contribution in [1.82, 2.24) is 5.32 Å². The number of carbonyl (C=O) groups excluding carboxylic acids is 1. The predicted octanol–water partition coefficient (Wildman–Crippen LogP) is 3.54. The summed E-state index contributed by atoms with van der Waals surface area (Å²) in [5.74, 6) is 0.532. The van der Waals surface area contributed by atoms with Crippen molar-refractivity contribution in [2.45, 2.75) is 46.1 Å². The number of hydrogen-bond donors (Lipinski definition) is 1. The molecule has 2 aliphatic carbocycles. The van der Waals surface area contributed by atoms with Crippen LogP contribution in [0.2, 0.25) is 0 Å². The van der Waals surface area contributed by atoms with Crippen molar-refractivity contribution in [3.05, 3.63) is 39.9 Å². The smallest absolute Gasteiger partial charge is 0.269 e. The molecular formula is C17H22N2O3. The third-order valence-electron chi connectivity index (χ3n) is 6.44. The van der Waals surface area contributed by atoms with Gasteiger partial charge in [-0.1, -0.05) is 20.8 Å². The molecule has 5 heteroatoms.